The van der Waals surface area contributed by atoms with Gasteiger partial charge in [-0.25, -0.2) is 0 Å². The molecule has 1 saturated heterocycles. The fourth-order valence-electron chi connectivity index (χ4n) is 2.83. The summed E-state index contributed by atoms with van der Waals surface area (Å²) in [7, 11) is 0. The highest BCUT2D eigenvalue weighted by atomic mass is 15.3. The minimum Gasteiger partial charge on any atom is -0.285 e. The van der Waals surface area contributed by atoms with E-state index >= 15 is 0 Å². The predicted molar refractivity (Wildman–Crippen MR) is 73.0 cm³/mol. The van der Waals surface area contributed by atoms with Gasteiger partial charge in [-0.15, -0.1) is 0 Å². The van der Waals surface area contributed by atoms with Crippen molar-refractivity contribution < 1.29 is 0 Å². The zero-order valence-electron chi connectivity index (χ0n) is 11.2. The van der Waals surface area contributed by atoms with Gasteiger partial charge in [0, 0.05) is 19.1 Å². The van der Waals surface area contributed by atoms with Crippen LogP contribution >= 0.6 is 0 Å². The van der Waals surface area contributed by atoms with Gasteiger partial charge in [-0.1, -0.05) is 30.3 Å². The topological polar surface area (TPSA) is 54.1 Å². The number of nitrogens with zero attached hydrogens (tertiary/aromatic N) is 4. The highest BCUT2D eigenvalue weighted by Crippen LogP contribution is 2.30. The fraction of sp³-hybridized carbons (Fsp3) is 0.467. The van der Waals surface area contributed by atoms with E-state index in [1.807, 2.05) is 18.2 Å². The molecule has 19 heavy (non-hydrogen) atoms. The molecule has 4 heteroatoms. The second kappa shape index (κ2) is 6.33. The average molecular weight is 254 g/mol. The van der Waals surface area contributed by atoms with Gasteiger partial charge in [0.2, 0.25) is 0 Å². The van der Waals surface area contributed by atoms with E-state index in [0.29, 0.717) is 13.1 Å². The van der Waals surface area contributed by atoms with Gasteiger partial charge >= 0.3 is 0 Å². The van der Waals surface area contributed by atoms with E-state index in [0.717, 1.165) is 13.1 Å². The third kappa shape index (κ3) is 2.93. The van der Waals surface area contributed by atoms with Crippen molar-refractivity contribution in [3.63, 3.8) is 0 Å². The molecule has 1 aliphatic rings. The molecular formula is C15H18N4. The maximum absolute atomic E-state index is 8.98. The van der Waals surface area contributed by atoms with E-state index in [2.05, 4.69) is 41.0 Å². The smallest absolute Gasteiger partial charge is 0.0871 e. The normalized spacial score (nSPS) is 24.6. The first-order chi connectivity index (χ1) is 9.27. The van der Waals surface area contributed by atoms with Gasteiger partial charge in [0.1, 0.15) is 0 Å². The van der Waals surface area contributed by atoms with E-state index in [1.54, 1.807) is 0 Å². The van der Waals surface area contributed by atoms with Crippen LogP contribution in [-0.4, -0.2) is 42.0 Å². The first-order valence-corrected chi connectivity index (χ1v) is 6.55. The molecular weight excluding hydrogens is 236 g/mol. The number of benzene rings is 1. The Labute approximate surface area is 114 Å². The lowest BCUT2D eigenvalue weighted by Crippen LogP contribution is -2.53. The van der Waals surface area contributed by atoms with E-state index in [9.17, 15) is 0 Å². The van der Waals surface area contributed by atoms with Crippen molar-refractivity contribution >= 4 is 0 Å². The molecule has 0 N–H and O–H groups in total. The van der Waals surface area contributed by atoms with Crippen LogP contribution in [0.2, 0.25) is 0 Å². The fourth-order valence-corrected chi connectivity index (χ4v) is 2.83. The number of hydrogen-bond acceptors (Lipinski definition) is 4. The van der Waals surface area contributed by atoms with Crippen molar-refractivity contribution in [3.05, 3.63) is 35.9 Å². The molecule has 1 heterocycles. The van der Waals surface area contributed by atoms with Crippen LogP contribution in [0.25, 0.3) is 0 Å². The Kier molecular flexibility index (Phi) is 4.52. The SMILES string of the molecule is CC1C(c2ccccc2)N(CC#N)CCN1CC#N. The molecule has 0 amide bonds. The molecule has 1 fully saturated rings. The maximum Gasteiger partial charge on any atom is 0.0871 e. The minimum atomic E-state index is 0.183. The molecule has 0 spiro atoms. The van der Waals surface area contributed by atoms with Gasteiger partial charge in [-0.05, 0) is 12.5 Å². The summed E-state index contributed by atoms with van der Waals surface area (Å²) < 4.78 is 0. The van der Waals surface area contributed by atoms with Gasteiger partial charge in [0.25, 0.3) is 0 Å². The summed E-state index contributed by atoms with van der Waals surface area (Å²) in [6.45, 7) is 4.70. The van der Waals surface area contributed by atoms with Crippen LogP contribution < -0.4 is 0 Å². The Morgan fingerprint density at radius 3 is 2.26 bits per heavy atom. The van der Waals surface area contributed by atoms with Crippen molar-refractivity contribution in [3.8, 4) is 12.1 Å². The van der Waals surface area contributed by atoms with Crippen molar-refractivity contribution in [2.45, 2.75) is 19.0 Å². The first kappa shape index (κ1) is 13.5. The standard InChI is InChI=1S/C15H18N4/c1-13-15(14-5-3-2-4-6-14)19(10-8-17)12-11-18(13)9-7-16/h2-6,13,15H,9-12H2,1H3. The molecule has 1 aliphatic heterocycles. The molecule has 4 nitrogen and oxygen atoms in total. The molecule has 1 aromatic carbocycles. The van der Waals surface area contributed by atoms with E-state index in [-0.39, 0.29) is 12.1 Å². The van der Waals surface area contributed by atoms with Crippen molar-refractivity contribution in [2.24, 2.45) is 0 Å². The predicted octanol–water partition coefficient (Wildman–Crippen LogP) is 1.78. The van der Waals surface area contributed by atoms with Crippen molar-refractivity contribution in [1.82, 2.24) is 9.80 Å². The van der Waals surface area contributed by atoms with E-state index in [4.69, 9.17) is 10.5 Å². The Morgan fingerprint density at radius 1 is 1.05 bits per heavy atom. The largest absolute Gasteiger partial charge is 0.285 e. The molecule has 0 bridgehead atoms. The summed E-state index contributed by atoms with van der Waals surface area (Å²) >= 11 is 0. The van der Waals surface area contributed by atoms with Crippen LogP contribution in [0, 0.1) is 22.7 Å². The lowest BCUT2D eigenvalue weighted by Gasteiger charge is -2.45. The summed E-state index contributed by atoms with van der Waals surface area (Å²) in [5.41, 5.74) is 1.22. The first-order valence-electron chi connectivity index (χ1n) is 6.55. The summed E-state index contributed by atoms with van der Waals surface area (Å²) in [5.74, 6) is 0. The van der Waals surface area contributed by atoms with Crippen LogP contribution in [0.1, 0.15) is 18.5 Å². The number of piperazine rings is 1. The Balaban J connectivity index is 2.26. The van der Waals surface area contributed by atoms with Crippen molar-refractivity contribution in [2.75, 3.05) is 26.2 Å². The highest BCUT2D eigenvalue weighted by molar-refractivity contribution is 5.22. The molecule has 0 saturated carbocycles. The van der Waals surface area contributed by atoms with E-state index < -0.39 is 0 Å². The molecule has 2 unspecified atom stereocenters. The van der Waals surface area contributed by atoms with Crippen LogP contribution in [0.3, 0.4) is 0 Å². The second-order valence-corrected chi connectivity index (χ2v) is 4.85. The molecule has 0 radical (unpaired) electrons. The Morgan fingerprint density at radius 2 is 1.63 bits per heavy atom. The molecule has 0 aromatic heterocycles. The Bertz CT molecular complexity index is 485. The van der Waals surface area contributed by atoms with Crippen LogP contribution in [0.15, 0.2) is 30.3 Å². The number of rotatable bonds is 3. The second-order valence-electron chi connectivity index (χ2n) is 4.85. The monoisotopic (exact) mass is 254 g/mol. The summed E-state index contributed by atoms with van der Waals surface area (Å²) in [4.78, 5) is 4.39. The highest BCUT2D eigenvalue weighted by Gasteiger charge is 2.34. The quantitative estimate of drug-likeness (QED) is 0.772. The van der Waals surface area contributed by atoms with Crippen LogP contribution in [0.4, 0.5) is 0 Å². The van der Waals surface area contributed by atoms with Crippen molar-refractivity contribution in [1.29, 1.82) is 10.5 Å². The molecule has 98 valence electrons. The lowest BCUT2D eigenvalue weighted by atomic mass is 9.95. The van der Waals surface area contributed by atoms with Gasteiger partial charge in [0.15, 0.2) is 0 Å². The van der Waals surface area contributed by atoms with Gasteiger partial charge < -0.3 is 0 Å². The minimum absolute atomic E-state index is 0.183. The third-order valence-corrected chi connectivity index (χ3v) is 3.79. The number of nitriles is 2. The summed E-state index contributed by atoms with van der Waals surface area (Å²) in [6, 6.07) is 15.1. The zero-order valence-corrected chi connectivity index (χ0v) is 11.2. The third-order valence-electron chi connectivity index (χ3n) is 3.79. The van der Waals surface area contributed by atoms with Crippen LogP contribution in [0.5, 0.6) is 0 Å². The lowest BCUT2D eigenvalue weighted by molar-refractivity contribution is 0.0431. The molecule has 0 aliphatic carbocycles. The van der Waals surface area contributed by atoms with Gasteiger partial charge in [-0.2, -0.15) is 10.5 Å². The Hall–Kier alpha value is -1.88. The molecule has 2 rings (SSSR count). The zero-order chi connectivity index (χ0) is 13.7. The molecule has 2 atom stereocenters. The van der Waals surface area contributed by atoms with Gasteiger partial charge in [0.05, 0.1) is 31.3 Å². The summed E-state index contributed by atoms with van der Waals surface area (Å²) in [6.07, 6.45) is 0. The van der Waals surface area contributed by atoms with E-state index in [1.165, 1.54) is 5.56 Å². The summed E-state index contributed by atoms with van der Waals surface area (Å²) in [5, 5.41) is 17.9. The number of hydrogen-bond donors (Lipinski definition) is 0. The van der Waals surface area contributed by atoms with Crippen LogP contribution in [-0.2, 0) is 0 Å². The van der Waals surface area contributed by atoms with Gasteiger partial charge in [-0.3, -0.25) is 9.80 Å². The maximum atomic E-state index is 8.98. The average Bonchev–Trinajstić information content (AvgIpc) is 2.43. The molecule has 1 aromatic rings.